The van der Waals surface area contributed by atoms with E-state index in [2.05, 4.69) is 0 Å². The monoisotopic (exact) mass is 515 g/mol. The summed E-state index contributed by atoms with van der Waals surface area (Å²) in [6.07, 6.45) is -4.40. The summed E-state index contributed by atoms with van der Waals surface area (Å²) >= 11 is 0. The highest BCUT2D eigenvalue weighted by Crippen LogP contribution is 2.47. The molecule has 4 unspecified atom stereocenters. The SMILES string of the molecule is CC(=O)OC[C@@H](OC(C)=O)[C@@H](OC(C)=O)[C@H](OC(C)=O)[C@H](OC(C)=O)C1C2C=CC(C)(O2)C1[N+](=O)[O-]. The molecular formula is C22H29NO13. The molecule has 0 N–H and O–H groups in total. The number of ether oxygens (including phenoxy) is 6. The molecule has 2 aliphatic heterocycles. The molecule has 0 aliphatic carbocycles. The molecule has 2 heterocycles. The summed E-state index contributed by atoms with van der Waals surface area (Å²) in [5, 5.41) is 12.1. The van der Waals surface area contributed by atoms with Crippen LogP contribution in [0.25, 0.3) is 0 Å². The predicted octanol–water partition coefficient (Wildman–Crippen LogP) is 0.265. The number of hydrogen-bond donors (Lipinski definition) is 0. The van der Waals surface area contributed by atoms with Gasteiger partial charge in [-0.3, -0.25) is 34.1 Å². The third-order valence-corrected chi connectivity index (χ3v) is 5.63. The maximum absolute atomic E-state index is 12.1. The second-order valence-corrected chi connectivity index (χ2v) is 8.61. The molecule has 2 aliphatic rings. The van der Waals surface area contributed by atoms with Gasteiger partial charge < -0.3 is 28.4 Å². The van der Waals surface area contributed by atoms with E-state index in [0.717, 1.165) is 34.6 Å². The van der Waals surface area contributed by atoms with Gasteiger partial charge in [0.05, 0.1) is 6.10 Å². The minimum atomic E-state index is -1.72. The number of fused-ring (bicyclic) bond motifs is 2. The lowest BCUT2D eigenvalue weighted by Gasteiger charge is -2.38. The van der Waals surface area contributed by atoms with Crippen LogP contribution in [0.4, 0.5) is 0 Å². The zero-order valence-electron chi connectivity index (χ0n) is 20.7. The molecule has 1 saturated heterocycles. The number of esters is 5. The lowest BCUT2D eigenvalue weighted by atomic mass is 9.76. The van der Waals surface area contributed by atoms with E-state index in [1.807, 2.05) is 0 Å². The van der Waals surface area contributed by atoms with Crippen LogP contribution in [-0.4, -0.2) is 83.5 Å². The lowest BCUT2D eigenvalue weighted by Crippen LogP contribution is -2.59. The summed E-state index contributed by atoms with van der Waals surface area (Å²) in [4.78, 5) is 71.0. The summed E-state index contributed by atoms with van der Waals surface area (Å²) in [7, 11) is 0. The maximum atomic E-state index is 12.1. The fourth-order valence-corrected chi connectivity index (χ4v) is 4.53. The van der Waals surface area contributed by atoms with Gasteiger partial charge in [0.2, 0.25) is 0 Å². The molecular weight excluding hydrogens is 486 g/mol. The zero-order valence-corrected chi connectivity index (χ0v) is 20.7. The molecule has 0 amide bonds. The molecule has 0 spiro atoms. The maximum Gasteiger partial charge on any atom is 0.303 e. The van der Waals surface area contributed by atoms with Crippen LogP contribution in [0, 0.1) is 16.0 Å². The van der Waals surface area contributed by atoms with E-state index in [0.29, 0.717) is 0 Å². The molecule has 0 saturated carbocycles. The van der Waals surface area contributed by atoms with Gasteiger partial charge in [0.15, 0.2) is 30.0 Å². The highest BCUT2D eigenvalue weighted by atomic mass is 16.7. The van der Waals surface area contributed by atoms with Crippen LogP contribution in [0.5, 0.6) is 0 Å². The van der Waals surface area contributed by atoms with Crippen molar-refractivity contribution in [3.05, 3.63) is 22.3 Å². The topological polar surface area (TPSA) is 184 Å². The predicted molar refractivity (Wildman–Crippen MR) is 116 cm³/mol. The van der Waals surface area contributed by atoms with Gasteiger partial charge in [-0.1, -0.05) is 6.08 Å². The van der Waals surface area contributed by atoms with Gasteiger partial charge in [-0.15, -0.1) is 0 Å². The highest BCUT2D eigenvalue weighted by molar-refractivity contribution is 5.69. The molecule has 0 aromatic heterocycles. The Kier molecular flexibility index (Phi) is 9.13. The van der Waals surface area contributed by atoms with Crippen LogP contribution in [0.15, 0.2) is 12.2 Å². The Morgan fingerprint density at radius 2 is 1.42 bits per heavy atom. The Balaban J connectivity index is 2.65. The fraction of sp³-hybridized carbons (Fsp3) is 0.682. The smallest absolute Gasteiger partial charge is 0.303 e. The first-order valence-electron chi connectivity index (χ1n) is 11.0. The number of nitrogens with zero attached hydrogens (tertiary/aromatic N) is 1. The van der Waals surface area contributed by atoms with Gasteiger partial charge in [-0.25, -0.2) is 0 Å². The second kappa shape index (κ2) is 11.5. The van der Waals surface area contributed by atoms with E-state index in [4.69, 9.17) is 28.4 Å². The highest BCUT2D eigenvalue weighted by Gasteiger charge is 2.66. The van der Waals surface area contributed by atoms with E-state index in [-0.39, 0.29) is 0 Å². The van der Waals surface area contributed by atoms with E-state index in [1.165, 1.54) is 13.0 Å². The largest absolute Gasteiger partial charge is 0.462 e. The van der Waals surface area contributed by atoms with Gasteiger partial charge in [0.1, 0.15) is 12.5 Å². The minimum absolute atomic E-state index is 0.598. The fourth-order valence-electron chi connectivity index (χ4n) is 4.53. The third-order valence-electron chi connectivity index (χ3n) is 5.63. The Labute approximate surface area is 206 Å². The first-order chi connectivity index (χ1) is 16.7. The summed E-state index contributed by atoms with van der Waals surface area (Å²) in [5.74, 6) is -5.55. The molecule has 14 heteroatoms. The molecule has 1 fully saturated rings. The van der Waals surface area contributed by atoms with Crippen LogP contribution in [0.1, 0.15) is 41.5 Å². The average molecular weight is 515 g/mol. The van der Waals surface area contributed by atoms with Gasteiger partial charge in [-0.05, 0) is 13.0 Å². The molecule has 8 atom stereocenters. The average Bonchev–Trinajstić information content (AvgIpc) is 3.24. The first kappa shape index (κ1) is 28.7. The van der Waals surface area contributed by atoms with Crippen LogP contribution in [0.3, 0.4) is 0 Å². The van der Waals surface area contributed by atoms with Gasteiger partial charge in [-0.2, -0.15) is 0 Å². The van der Waals surface area contributed by atoms with Gasteiger partial charge in [0, 0.05) is 39.5 Å². The molecule has 14 nitrogen and oxygen atoms in total. The molecule has 2 rings (SSSR count). The quantitative estimate of drug-likeness (QED) is 0.120. The lowest BCUT2D eigenvalue weighted by molar-refractivity contribution is -0.542. The van der Waals surface area contributed by atoms with E-state index in [9.17, 15) is 34.1 Å². The van der Waals surface area contributed by atoms with Gasteiger partial charge >= 0.3 is 29.8 Å². The first-order valence-corrected chi connectivity index (χ1v) is 11.0. The molecule has 200 valence electrons. The number of rotatable bonds is 11. The summed E-state index contributed by atoms with van der Waals surface area (Å²) < 4.78 is 32.1. The normalized spacial score (nSPS) is 27.2. The van der Waals surface area contributed by atoms with E-state index >= 15 is 0 Å². The summed E-state index contributed by atoms with van der Waals surface area (Å²) in [6, 6.07) is -1.45. The van der Waals surface area contributed by atoms with Crippen LogP contribution < -0.4 is 0 Å². The van der Waals surface area contributed by atoms with Gasteiger partial charge in [0.25, 0.3) is 6.04 Å². The van der Waals surface area contributed by atoms with Crippen molar-refractivity contribution in [1.29, 1.82) is 0 Å². The molecule has 0 aromatic carbocycles. The zero-order chi connectivity index (χ0) is 27.4. The summed E-state index contributed by atoms with van der Waals surface area (Å²) in [6.45, 7) is 6.03. The standard InChI is InChI=1S/C22H29NO13/c1-10(24)31-9-16(32-11(2)25)18(33-12(3)26)20(35-14(5)28)19(34-13(4)27)17-15-7-8-22(6,36-15)21(17)23(29)30/h7-8,15-21H,9H2,1-6H3/t15?,16-,17?,18-,19-,20+,21?,22?/m1/s1. The Morgan fingerprint density at radius 1 is 0.889 bits per heavy atom. The third kappa shape index (κ3) is 6.77. The number of hydrogen-bond acceptors (Lipinski definition) is 13. The minimum Gasteiger partial charge on any atom is -0.462 e. The van der Waals surface area contributed by atoms with E-state index in [1.54, 1.807) is 6.08 Å². The van der Waals surface area contributed by atoms with Crippen molar-refractivity contribution >= 4 is 29.8 Å². The molecule has 0 aromatic rings. The molecule has 0 radical (unpaired) electrons. The Hall–Kier alpha value is -3.55. The van der Waals surface area contributed by atoms with Crippen molar-refractivity contribution in [2.45, 2.75) is 83.7 Å². The van der Waals surface area contributed by atoms with Crippen molar-refractivity contribution in [2.24, 2.45) is 5.92 Å². The van der Waals surface area contributed by atoms with Crippen LogP contribution >= 0.6 is 0 Å². The number of carbonyl (C=O) groups excluding carboxylic acids is 5. The number of carbonyl (C=O) groups is 5. The van der Waals surface area contributed by atoms with Crippen molar-refractivity contribution in [1.82, 2.24) is 0 Å². The Morgan fingerprint density at radius 3 is 1.89 bits per heavy atom. The van der Waals surface area contributed by atoms with Crippen molar-refractivity contribution in [2.75, 3.05) is 6.61 Å². The van der Waals surface area contributed by atoms with Crippen molar-refractivity contribution in [3.63, 3.8) is 0 Å². The van der Waals surface area contributed by atoms with Crippen LogP contribution in [-0.2, 0) is 52.4 Å². The number of nitro groups is 1. The Bertz CT molecular complexity index is 946. The summed E-state index contributed by atoms with van der Waals surface area (Å²) in [5.41, 5.74) is -1.36. The van der Waals surface area contributed by atoms with Crippen LogP contribution in [0.2, 0.25) is 0 Å². The van der Waals surface area contributed by atoms with E-state index < -0.39 is 89.5 Å². The van der Waals surface area contributed by atoms with Crippen molar-refractivity contribution in [3.8, 4) is 0 Å². The second-order valence-electron chi connectivity index (χ2n) is 8.61. The van der Waals surface area contributed by atoms with Crippen molar-refractivity contribution < 1.29 is 57.3 Å². The molecule has 2 bridgehead atoms. The molecule has 36 heavy (non-hydrogen) atoms.